The quantitative estimate of drug-likeness (QED) is 0.371. The number of fused-ring (bicyclic) bond motifs is 2. The minimum atomic E-state index is -1.25. The van der Waals surface area contributed by atoms with Gasteiger partial charge in [-0.1, -0.05) is 36.4 Å². The molecule has 0 aliphatic carbocycles. The Balaban J connectivity index is 1.67. The molecule has 0 spiro atoms. The molecule has 214 valence electrons. The Morgan fingerprint density at radius 1 is 1.02 bits per heavy atom. The highest BCUT2D eigenvalue weighted by Gasteiger charge is 2.44. The number of carboxylic acids is 1. The van der Waals surface area contributed by atoms with E-state index < -0.39 is 36.0 Å². The fourth-order valence-corrected chi connectivity index (χ4v) is 4.80. The number of benzene rings is 2. The molecule has 2 aliphatic rings. The maximum atomic E-state index is 13.2. The molecule has 1 saturated heterocycles. The Bertz CT molecular complexity index is 1260. The average Bonchev–Trinajstić information content (AvgIpc) is 3.23. The third-order valence-corrected chi connectivity index (χ3v) is 6.73. The van der Waals surface area contributed by atoms with Crippen LogP contribution in [0.1, 0.15) is 65.5 Å². The van der Waals surface area contributed by atoms with Crippen LogP contribution in [0.2, 0.25) is 0 Å². The summed E-state index contributed by atoms with van der Waals surface area (Å²) in [7, 11) is 3.06. The minimum absolute atomic E-state index is 0.0291. The lowest BCUT2D eigenvalue weighted by molar-refractivity contribution is -0.156. The van der Waals surface area contributed by atoms with Gasteiger partial charge in [0.1, 0.15) is 29.8 Å². The molecule has 0 aromatic heterocycles. The highest BCUT2D eigenvalue weighted by molar-refractivity contribution is 6.05. The summed E-state index contributed by atoms with van der Waals surface area (Å²) in [5.74, 6) is -1.72. The standard InChI is InChI=1S/C31H36O9/c1-19-8-6-10-25(37-18-20-12-14-22(35-4)15-13-20)28-26(39-31(2,3)40-28)11-7-9-21-16-23(36-5)17-24(29(32)33)27(21)30(34)38-19/h6-7,9-10,12-17,19,25-26,28H,8,11,18H2,1-5H3,(H,32,33)/t19-,25?,26-,28+/m0/s1. The van der Waals surface area contributed by atoms with Gasteiger partial charge in [0.2, 0.25) is 0 Å². The van der Waals surface area contributed by atoms with Gasteiger partial charge in [-0.3, -0.25) is 0 Å². The summed E-state index contributed by atoms with van der Waals surface area (Å²) in [6.07, 6.45) is 6.38. The van der Waals surface area contributed by atoms with Crippen LogP contribution in [0.25, 0.3) is 6.08 Å². The molecule has 2 aliphatic heterocycles. The van der Waals surface area contributed by atoms with E-state index in [1.165, 1.54) is 13.2 Å². The van der Waals surface area contributed by atoms with E-state index in [0.29, 0.717) is 30.8 Å². The SMILES string of the molecule is COc1ccc(COC2C=CC[C@H](C)OC(=O)c3c(cc(OC)cc3C(=O)O)C=CC[C@@H]3OC(C)(C)O[C@H]23)cc1. The second kappa shape index (κ2) is 12.7. The second-order valence-corrected chi connectivity index (χ2v) is 10.2. The van der Waals surface area contributed by atoms with E-state index in [2.05, 4.69) is 0 Å². The van der Waals surface area contributed by atoms with Crippen molar-refractivity contribution in [3.63, 3.8) is 0 Å². The third kappa shape index (κ3) is 7.10. The molecule has 1 N–H and O–H groups in total. The van der Waals surface area contributed by atoms with E-state index in [1.54, 1.807) is 26.2 Å². The summed E-state index contributed by atoms with van der Waals surface area (Å²) < 4.78 is 35.1. The van der Waals surface area contributed by atoms with Gasteiger partial charge in [0.25, 0.3) is 0 Å². The van der Waals surface area contributed by atoms with Crippen LogP contribution in [0.3, 0.4) is 0 Å². The van der Waals surface area contributed by atoms with E-state index in [4.69, 9.17) is 28.4 Å². The molecule has 1 unspecified atom stereocenters. The first-order valence-electron chi connectivity index (χ1n) is 13.2. The maximum absolute atomic E-state index is 13.2. The zero-order valence-electron chi connectivity index (χ0n) is 23.4. The summed E-state index contributed by atoms with van der Waals surface area (Å²) in [6, 6.07) is 10.6. The zero-order chi connectivity index (χ0) is 28.9. The van der Waals surface area contributed by atoms with E-state index >= 15 is 0 Å². The minimum Gasteiger partial charge on any atom is -0.497 e. The number of carbonyl (C=O) groups is 2. The number of carbonyl (C=O) groups excluding carboxylic acids is 1. The van der Waals surface area contributed by atoms with Gasteiger partial charge in [0.05, 0.1) is 38.1 Å². The molecule has 2 heterocycles. The van der Waals surface area contributed by atoms with Crippen LogP contribution in [-0.2, 0) is 25.6 Å². The Morgan fingerprint density at radius 3 is 2.42 bits per heavy atom. The number of rotatable bonds is 6. The molecular formula is C31H36O9. The van der Waals surface area contributed by atoms with Gasteiger partial charge in [-0.25, -0.2) is 9.59 Å². The summed E-state index contributed by atoms with van der Waals surface area (Å²) in [6.45, 7) is 5.81. The van der Waals surface area contributed by atoms with Crippen molar-refractivity contribution in [1.82, 2.24) is 0 Å². The van der Waals surface area contributed by atoms with Gasteiger partial charge in [0.15, 0.2) is 5.79 Å². The van der Waals surface area contributed by atoms with Crippen molar-refractivity contribution in [3.05, 3.63) is 76.9 Å². The van der Waals surface area contributed by atoms with Crippen molar-refractivity contribution in [2.24, 2.45) is 0 Å². The maximum Gasteiger partial charge on any atom is 0.339 e. The largest absolute Gasteiger partial charge is 0.497 e. The lowest BCUT2D eigenvalue weighted by atomic mass is 9.98. The summed E-state index contributed by atoms with van der Waals surface area (Å²) >= 11 is 0. The van der Waals surface area contributed by atoms with Gasteiger partial charge in [0, 0.05) is 6.42 Å². The second-order valence-electron chi connectivity index (χ2n) is 10.2. The van der Waals surface area contributed by atoms with Crippen LogP contribution in [0.5, 0.6) is 11.5 Å². The van der Waals surface area contributed by atoms with Crippen LogP contribution < -0.4 is 9.47 Å². The normalized spacial score (nSPS) is 24.4. The molecule has 0 amide bonds. The first-order valence-corrected chi connectivity index (χ1v) is 13.2. The molecule has 9 heteroatoms. The fourth-order valence-electron chi connectivity index (χ4n) is 4.80. The van der Waals surface area contributed by atoms with Crippen molar-refractivity contribution >= 4 is 18.0 Å². The first-order chi connectivity index (χ1) is 19.1. The molecule has 4 rings (SSSR count). The van der Waals surface area contributed by atoms with Crippen molar-refractivity contribution in [1.29, 1.82) is 0 Å². The van der Waals surface area contributed by atoms with Crippen LogP contribution in [0.4, 0.5) is 0 Å². The Labute approximate surface area is 234 Å². The van der Waals surface area contributed by atoms with E-state index in [9.17, 15) is 14.7 Å². The van der Waals surface area contributed by atoms with Crippen molar-refractivity contribution in [3.8, 4) is 11.5 Å². The van der Waals surface area contributed by atoms with Gasteiger partial charge >= 0.3 is 11.9 Å². The van der Waals surface area contributed by atoms with Crippen LogP contribution in [0.15, 0.2) is 54.6 Å². The van der Waals surface area contributed by atoms with Gasteiger partial charge in [-0.05, 0) is 62.6 Å². The van der Waals surface area contributed by atoms with E-state index in [0.717, 1.165) is 11.3 Å². The van der Waals surface area contributed by atoms with Gasteiger partial charge in [-0.15, -0.1) is 0 Å². The average molecular weight is 553 g/mol. The molecule has 4 atom stereocenters. The number of cyclic esters (lactones) is 1. The zero-order valence-corrected chi connectivity index (χ0v) is 23.4. The number of hydrogen-bond donors (Lipinski definition) is 1. The lowest BCUT2D eigenvalue weighted by Crippen LogP contribution is -2.36. The topological polar surface area (TPSA) is 110 Å². The highest BCUT2D eigenvalue weighted by Crippen LogP contribution is 2.34. The van der Waals surface area contributed by atoms with Crippen molar-refractivity contribution in [2.45, 2.75) is 70.4 Å². The van der Waals surface area contributed by atoms with Crippen LogP contribution in [-0.4, -0.2) is 61.5 Å². The molecular weight excluding hydrogens is 516 g/mol. The lowest BCUT2D eigenvalue weighted by Gasteiger charge is -2.25. The molecule has 40 heavy (non-hydrogen) atoms. The summed E-state index contributed by atoms with van der Waals surface area (Å²) in [5, 5.41) is 9.83. The van der Waals surface area contributed by atoms with Gasteiger partial charge < -0.3 is 33.5 Å². The number of carboxylic acid groups (broad SMARTS) is 1. The molecule has 1 fully saturated rings. The molecule has 0 radical (unpaired) electrons. The molecule has 0 saturated carbocycles. The smallest absolute Gasteiger partial charge is 0.339 e. The summed E-state index contributed by atoms with van der Waals surface area (Å²) in [4.78, 5) is 25.2. The Morgan fingerprint density at radius 2 is 1.75 bits per heavy atom. The third-order valence-electron chi connectivity index (χ3n) is 6.73. The van der Waals surface area contributed by atoms with Crippen molar-refractivity contribution < 1.29 is 43.1 Å². The monoisotopic (exact) mass is 552 g/mol. The number of hydrogen-bond acceptors (Lipinski definition) is 8. The van der Waals surface area contributed by atoms with E-state index in [1.807, 2.05) is 56.3 Å². The highest BCUT2D eigenvalue weighted by atomic mass is 16.8. The number of aromatic carboxylic acids is 1. The predicted molar refractivity (Wildman–Crippen MR) is 148 cm³/mol. The molecule has 0 bridgehead atoms. The number of methoxy groups -OCH3 is 2. The molecule has 2 aromatic rings. The predicted octanol–water partition coefficient (Wildman–Crippen LogP) is 5.42. The van der Waals surface area contributed by atoms with E-state index in [-0.39, 0.29) is 17.2 Å². The fraction of sp³-hybridized carbons (Fsp3) is 0.419. The first kappa shape index (κ1) is 29.3. The summed E-state index contributed by atoms with van der Waals surface area (Å²) in [5.41, 5.74) is 1.14. The number of ether oxygens (including phenoxy) is 6. The van der Waals surface area contributed by atoms with Gasteiger partial charge in [-0.2, -0.15) is 0 Å². The number of esters is 1. The Kier molecular flexibility index (Phi) is 9.29. The molecule has 9 nitrogen and oxygen atoms in total. The van der Waals surface area contributed by atoms with Crippen LogP contribution in [0, 0.1) is 0 Å². The Hall–Kier alpha value is -3.66. The van der Waals surface area contributed by atoms with Crippen LogP contribution >= 0.6 is 0 Å². The molecule has 2 aromatic carbocycles. The van der Waals surface area contributed by atoms with Crippen molar-refractivity contribution in [2.75, 3.05) is 14.2 Å².